The minimum absolute atomic E-state index is 0.206. The van der Waals surface area contributed by atoms with Crippen molar-refractivity contribution < 1.29 is 14.6 Å². The maximum atomic E-state index is 10.7. The van der Waals surface area contributed by atoms with Crippen LogP contribution >= 0.6 is 0 Å². The van der Waals surface area contributed by atoms with Crippen molar-refractivity contribution in [3.63, 3.8) is 0 Å². The Hall–Kier alpha value is -1.84. The second-order valence-corrected chi connectivity index (χ2v) is 4.72. The normalized spacial score (nSPS) is 11.7. The molecule has 0 radical (unpaired) electrons. The van der Waals surface area contributed by atoms with E-state index >= 15 is 0 Å². The average molecular weight is 249 g/mol. The number of hydrogen-bond donors (Lipinski definition) is 1. The monoisotopic (exact) mass is 249 g/mol. The number of phenolic OH excluding ortho intramolecular Hbond substituents is 1. The number of phenols is 1. The van der Waals surface area contributed by atoms with Crippen molar-refractivity contribution in [2.45, 2.75) is 32.7 Å². The highest BCUT2D eigenvalue weighted by Gasteiger charge is 2.15. The molecule has 0 aromatic heterocycles. The standard InChI is InChI=1S/C14H19NO3/c1-11(16)18-9-8-14(2,3)15-10-12-6-4-5-7-13(12)17/h4-7,10,17H,8-9H2,1-3H3/b15-10+. The van der Waals surface area contributed by atoms with Crippen molar-refractivity contribution in [3.8, 4) is 5.75 Å². The molecule has 0 heterocycles. The van der Waals surface area contributed by atoms with Gasteiger partial charge in [-0.25, -0.2) is 0 Å². The van der Waals surface area contributed by atoms with Crippen molar-refractivity contribution >= 4 is 12.2 Å². The SMILES string of the molecule is CC(=O)OCCC(C)(C)/N=C/c1ccccc1O. The molecule has 4 nitrogen and oxygen atoms in total. The zero-order valence-corrected chi connectivity index (χ0v) is 11.0. The Balaban J connectivity index is 2.59. The topological polar surface area (TPSA) is 58.9 Å². The summed E-state index contributed by atoms with van der Waals surface area (Å²) in [7, 11) is 0. The molecule has 0 saturated heterocycles. The van der Waals surface area contributed by atoms with E-state index in [1.807, 2.05) is 19.9 Å². The first kappa shape index (κ1) is 14.2. The number of benzene rings is 1. The number of aliphatic imine (C=N–C) groups is 1. The Bertz CT molecular complexity index is 438. The van der Waals surface area contributed by atoms with E-state index in [0.717, 1.165) is 0 Å². The molecule has 0 aliphatic rings. The maximum absolute atomic E-state index is 10.7. The number of hydrogen-bond acceptors (Lipinski definition) is 4. The predicted molar refractivity (Wildman–Crippen MR) is 71.0 cm³/mol. The third kappa shape index (κ3) is 4.99. The summed E-state index contributed by atoms with van der Waals surface area (Å²) in [5.74, 6) is -0.0764. The van der Waals surface area contributed by atoms with Crippen LogP contribution in [0.2, 0.25) is 0 Å². The third-order valence-electron chi connectivity index (χ3n) is 2.51. The van der Waals surface area contributed by atoms with Gasteiger partial charge in [0, 0.05) is 25.1 Å². The van der Waals surface area contributed by atoms with Crippen molar-refractivity contribution in [1.29, 1.82) is 0 Å². The molecule has 0 aliphatic heterocycles. The molecule has 0 unspecified atom stereocenters. The quantitative estimate of drug-likeness (QED) is 0.644. The molecule has 0 aliphatic carbocycles. The molecule has 0 amide bonds. The van der Waals surface area contributed by atoms with Crippen LogP contribution in [0.25, 0.3) is 0 Å². The van der Waals surface area contributed by atoms with Gasteiger partial charge in [-0.15, -0.1) is 0 Å². The number of aromatic hydroxyl groups is 1. The Morgan fingerprint density at radius 3 is 2.72 bits per heavy atom. The van der Waals surface area contributed by atoms with Gasteiger partial charge in [0.1, 0.15) is 5.75 Å². The Morgan fingerprint density at radius 2 is 2.11 bits per heavy atom. The largest absolute Gasteiger partial charge is 0.507 e. The van der Waals surface area contributed by atoms with Gasteiger partial charge in [-0.3, -0.25) is 9.79 Å². The Labute approximate surface area is 107 Å². The van der Waals surface area contributed by atoms with E-state index in [9.17, 15) is 9.90 Å². The molecule has 0 atom stereocenters. The fourth-order valence-electron chi connectivity index (χ4n) is 1.35. The van der Waals surface area contributed by atoms with Crippen molar-refractivity contribution in [3.05, 3.63) is 29.8 Å². The maximum Gasteiger partial charge on any atom is 0.302 e. The van der Waals surface area contributed by atoms with Gasteiger partial charge in [-0.1, -0.05) is 12.1 Å². The first-order valence-corrected chi connectivity index (χ1v) is 5.87. The first-order chi connectivity index (χ1) is 8.41. The van der Waals surface area contributed by atoms with Crippen LogP contribution in [0.15, 0.2) is 29.3 Å². The minimum atomic E-state index is -0.336. The molecule has 0 fully saturated rings. The molecule has 0 bridgehead atoms. The highest BCUT2D eigenvalue weighted by atomic mass is 16.5. The fourth-order valence-corrected chi connectivity index (χ4v) is 1.35. The molecule has 98 valence electrons. The average Bonchev–Trinajstić information content (AvgIpc) is 2.27. The molecule has 4 heteroatoms. The molecular weight excluding hydrogens is 230 g/mol. The van der Waals surface area contributed by atoms with Crippen molar-refractivity contribution in [1.82, 2.24) is 0 Å². The van der Waals surface area contributed by atoms with Gasteiger partial charge in [0.2, 0.25) is 0 Å². The van der Waals surface area contributed by atoms with E-state index in [4.69, 9.17) is 4.74 Å². The summed E-state index contributed by atoms with van der Waals surface area (Å²) in [4.78, 5) is 15.1. The summed E-state index contributed by atoms with van der Waals surface area (Å²) in [5.41, 5.74) is 0.343. The molecular formula is C14H19NO3. The van der Waals surface area contributed by atoms with Crippen molar-refractivity contribution in [2.24, 2.45) is 4.99 Å². The van der Waals surface area contributed by atoms with Crippen molar-refractivity contribution in [2.75, 3.05) is 6.61 Å². The van der Waals surface area contributed by atoms with E-state index in [2.05, 4.69) is 4.99 Å². The van der Waals surface area contributed by atoms with Crippen LogP contribution in [0, 0.1) is 0 Å². The van der Waals surface area contributed by atoms with Crippen LogP contribution in [-0.4, -0.2) is 29.4 Å². The van der Waals surface area contributed by atoms with Gasteiger partial charge < -0.3 is 9.84 Å². The number of carbonyl (C=O) groups excluding carboxylic acids is 1. The lowest BCUT2D eigenvalue weighted by Crippen LogP contribution is -2.20. The van der Waals surface area contributed by atoms with Gasteiger partial charge in [0.15, 0.2) is 0 Å². The second kappa shape index (κ2) is 6.19. The third-order valence-corrected chi connectivity index (χ3v) is 2.51. The van der Waals surface area contributed by atoms with Crippen LogP contribution in [0.5, 0.6) is 5.75 Å². The fraction of sp³-hybridized carbons (Fsp3) is 0.429. The molecule has 0 saturated carbocycles. The zero-order chi connectivity index (χ0) is 13.6. The van der Waals surface area contributed by atoms with Crippen LogP contribution in [0.4, 0.5) is 0 Å². The Kier molecular flexibility index (Phi) is 4.89. The smallest absolute Gasteiger partial charge is 0.302 e. The zero-order valence-electron chi connectivity index (χ0n) is 11.0. The summed E-state index contributed by atoms with van der Waals surface area (Å²) >= 11 is 0. The lowest BCUT2D eigenvalue weighted by Gasteiger charge is -2.19. The summed E-state index contributed by atoms with van der Waals surface area (Å²) in [6.07, 6.45) is 2.28. The highest BCUT2D eigenvalue weighted by molar-refractivity contribution is 5.83. The molecule has 1 aromatic carbocycles. The van der Waals surface area contributed by atoms with E-state index in [1.54, 1.807) is 24.4 Å². The molecule has 1 N–H and O–H groups in total. The summed E-state index contributed by atoms with van der Waals surface area (Å²) in [6.45, 7) is 5.64. The van der Waals surface area contributed by atoms with Gasteiger partial charge >= 0.3 is 5.97 Å². The number of rotatable bonds is 5. The van der Waals surface area contributed by atoms with Crippen LogP contribution in [-0.2, 0) is 9.53 Å². The summed E-state index contributed by atoms with van der Waals surface area (Å²) < 4.78 is 4.89. The number of para-hydroxylation sites is 1. The molecule has 18 heavy (non-hydrogen) atoms. The van der Waals surface area contributed by atoms with Crippen LogP contribution in [0.1, 0.15) is 32.8 Å². The van der Waals surface area contributed by atoms with E-state index in [1.165, 1.54) is 6.92 Å². The van der Waals surface area contributed by atoms with E-state index in [-0.39, 0.29) is 17.3 Å². The first-order valence-electron chi connectivity index (χ1n) is 5.87. The van der Waals surface area contributed by atoms with E-state index < -0.39 is 0 Å². The lowest BCUT2D eigenvalue weighted by molar-refractivity contribution is -0.141. The van der Waals surface area contributed by atoms with Crippen LogP contribution < -0.4 is 0 Å². The Morgan fingerprint density at radius 1 is 1.44 bits per heavy atom. The summed E-state index contributed by atoms with van der Waals surface area (Å²) in [5, 5.41) is 9.60. The number of ether oxygens (including phenoxy) is 1. The minimum Gasteiger partial charge on any atom is -0.507 e. The van der Waals surface area contributed by atoms with E-state index in [0.29, 0.717) is 18.6 Å². The van der Waals surface area contributed by atoms with Gasteiger partial charge in [0.05, 0.1) is 12.1 Å². The lowest BCUT2D eigenvalue weighted by atomic mass is 10.0. The molecule has 1 rings (SSSR count). The highest BCUT2D eigenvalue weighted by Crippen LogP contribution is 2.17. The number of esters is 1. The second-order valence-electron chi connectivity index (χ2n) is 4.72. The summed E-state index contributed by atoms with van der Waals surface area (Å²) in [6, 6.07) is 7.01. The number of nitrogens with zero attached hydrogens (tertiary/aromatic N) is 1. The van der Waals surface area contributed by atoms with Gasteiger partial charge in [0.25, 0.3) is 0 Å². The van der Waals surface area contributed by atoms with Gasteiger partial charge in [-0.05, 0) is 26.0 Å². The predicted octanol–water partition coefficient (Wildman–Crippen LogP) is 2.54. The molecule has 1 aromatic rings. The van der Waals surface area contributed by atoms with Crippen LogP contribution in [0.3, 0.4) is 0 Å². The molecule has 0 spiro atoms. The number of carbonyl (C=O) groups is 1. The van der Waals surface area contributed by atoms with Gasteiger partial charge in [-0.2, -0.15) is 0 Å².